The molecule has 0 fully saturated rings. The van der Waals surface area contributed by atoms with Crippen molar-refractivity contribution in [2.24, 2.45) is 0 Å². The van der Waals surface area contributed by atoms with E-state index < -0.39 is 0 Å². The van der Waals surface area contributed by atoms with E-state index in [4.69, 9.17) is 4.74 Å². The van der Waals surface area contributed by atoms with Crippen molar-refractivity contribution in [2.45, 2.75) is 4.90 Å². The van der Waals surface area contributed by atoms with Crippen LogP contribution in [0.4, 0.5) is 10.5 Å². The molecule has 0 saturated carbocycles. The summed E-state index contributed by atoms with van der Waals surface area (Å²) in [6.45, 7) is 0. The molecule has 14 heavy (non-hydrogen) atoms. The van der Waals surface area contributed by atoms with E-state index in [1.165, 1.54) is 11.9 Å². The maximum atomic E-state index is 11.1. The third-order valence-electron chi connectivity index (χ3n) is 1.74. The van der Waals surface area contributed by atoms with Gasteiger partial charge in [0.1, 0.15) is 11.4 Å². The molecular formula is C8H7BrN2O2S. The first-order valence-electron chi connectivity index (χ1n) is 3.82. The number of hydrogen-bond donors (Lipinski definition) is 2. The summed E-state index contributed by atoms with van der Waals surface area (Å²) in [4.78, 5) is 12.0. The predicted molar refractivity (Wildman–Crippen MR) is 58.7 cm³/mol. The van der Waals surface area contributed by atoms with Crippen LogP contribution in [0, 0.1) is 0 Å². The van der Waals surface area contributed by atoms with Crippen molar-refractivity contribution in [1.29, 1.82) is 0 Å². The summed E-state index contributed by atoms with van der Waals surface area (Å²) in [5.41, 5.74) is 0.712. The molecule has 1 aromatic rings. The number of amides is 2. The van der Waals surface area contributed by atoms with Crippen LogP contribution < -0.4 is 14.8 Å². The minimum atomic E-state index is -0.233. The van der Waals surface area contributed by atoms with Crippen LogP contribution in [0.25, 0.3) is 0 Å². The Labute approximate surface area is 93.7 Å². The molecule has 4 nitrogen and oxygen atoms in total. The van der Waals surface area contributed by atoms with Gasteiger partial charge in [-0.05, 0) is 24.1 Å². The van der Waals surface area contributed by atoms with E-state index in [2.05, 4.69) is 26.0 Å². The smallest absolute Gasteiger partial charge is 0.329 e. The van der Waals surface area contributed by atoms with Crippen LogP contribution in [-0.4, -0.2) is 13.1 Å². The minimum Gasteiger partial charge on any atom is -0.494 e. The van der Waals surface area contributed by atoms with Gasteiger partial charge in [0.25, 0.3) is 0 Å². The molecule has 2 N–H and O–H groups in total. The van der Waals surface area contributed by atoms with Crippen LogP contribution in [-0.2, 0) is 0 Å². The molecule has 0 saturated heterocycles. The van der Waals surface area contributed by atoms with Crippen LogP contribution in [0.15, 0.2) is 21.5 Å². The van der Waals surface area contributed by atoms with Gasteiger partial charge < -0.3 is 10.1 Å². The molecule has 0 spiro atoms. The number of hydrogen-bond acceptors (Lipinski definition) is 3. The van der Waals surface area contributed by atoms with Crippen LogP contribution in [0.2, 0.25) is 0 Å². The number of nitrogens with one attached hydrogen (secondary N) is 2. The number of carbonyl (C=O) groups is 1. The molecule has 74 valence electrons. The minimum absolute atomic E-state index is 0.233. The summed E-state index contributed by atoms with van der Waals surface area (Å²) in [6, 6.07) is 3.49. The van der Waals surface area contributed by atoms with Gasteiger partial charge >= 0.3 is 6.03 Å². The zero-order valence-corrected chi connectivity index (χ0v) is 9.66. The normalized spacial score (nSPS) is 14.0. The summed E-state index contributed by atoms with van der Waals surface area (Å²) in [5.74, 6) is 0.650. The summed E-state index contributed by atoms with van der Waals surface area (Å²) >= 11 is 4.63. The van der Waals surface area contributed by atoms with Gasteiger partial charge in [-0.2, -0.15) is 0 Å². The van der Waals surface area contributed by atoms with Gasteiger partial charge in [-0.15, -0.1) is 0 Å². The summed E-state index contributed by atoms with van der Waals surface area (Å²) < 4.78 is 8.68. The zero-order valence-electron chi connectivity index (χ0n) is 7.26. The molecule has 1 aromatic carbocycles. The van der Waals surface area contributed by atoms with Gasteiger partial charge in [0.2, 0.25) is 0 Å². The average molecular weight is 275 g/mol. The zero-order chi connectivity index (χ0) is 10.1. The van der Waals surface area contributed by atoms with Gasteiger partial charge in [-0.1, -0.05) is 15.9 Å². The molecule has 0 atom stereocenters. The standard InChI is InChI=1S/C8H7BrN2O2S/c1-13-5-2-4(9)3-6-7(5)10-8(12)11-14-6/h2-3H,1H3,(H2,10,11,12). The first-order chi connectivity index (χ1) is 6.70. The lowest BCUT2D eigenvalue weighted by Gasteiger charge is -2.19. The van der Waals surface area contributed by atoms with Gasteiger partial charge in [-0.3, -0.25) is 4.72 Å². The fourth-order valence-electron chi connectivity index (χ4n) is 1.16. The van der Waals surface area contributed by atoms with Crippen molar-refractivity contribution in [3.8, 4) is 5.75 Å². The highest BCUT2D eigenvalue weighted by molar-refractivity contribution is 9.10. The lowest BCUT2D eigenvalue weighted by atomic mass is 10.3. The molecule has 0 bridgehead atoms. The first-order valence-corrected chi connectivity index (χ1v) is 5.43. The van der Waals surface area contributed by atoms with Crippen molar-refractivity contribution >= 4 is 39.6 Å². The number of methoxy groups -OCH3 is 1. The van der Waals surface area contributed by atoms with Crippen molar-refractivity contribution in [3.05, 3.63) is 16.6 Å². The van der Waals surface area contributed by atoms with Crippen molar-refractivity contribution < 1.29 is 9.53 Å². The van der Waals surface area contributed by atoms with E-state index in [1.807, 2.05) is 12.1 Å². The Balaban J connectivity index is 2.52. The molecule has 1 aliphatic heterocycles. The monoisotopic (exact) mass is 274 g/mol. The van der Waals surface area contributed by atoms with Crippen molar-refractivity contribution in [3.63, 3.8) is 0 Å². The Morgan fingerprint density at radius 2 is 2.29 bits per heavy atom. The SMILES string of the molecule is COc1cc(Br)cc2c1NC(=O)NS2. The number of anilines is 1. The Bertz CT molecular complexity index is 380. The van der Waals surface area contributed by atoms with Crippen molar-refractivity contribution in [2.75, 3.05) is 12.4 Å². The third kappa shape index (κ3) is 1.67. The maximum absolute atomic E-state index is 11.1. The molecular weight excluding hydrogens is 268 g/mol. The fraction of sp³-hybridized carbons (Fsp3) is 0.125. The largest absolute Gasteiger partial charge is 0.494 e. The number of rotatable bonds is 1. The highest BCUT2D eigenvalue weighted by atomic mass is 79.9. The first kappa shape index (κ1) is 9.67. The highest BCUT2D eigenvalue weighted by Crippen LogP contribution is 2.39. The molecule has 0 aliphatic carbocycles. The summed E-state index contributed by atoms with van der Waals surface area (Å²) in [5, 5.41) is 2.69. The Kier molecular flexibility index (Phi) is 2.56. The number of urea groups is 1. The van der Waals surface area contributed by atoms with Crippen LogP contribution in [0.1, 0.15) is 0 Å². The number of halogens is 1. The van der Waals surface area contributed by atoms with Gasteiger partial charge in [0.05, 0.1) is 12.0 Å². The second kappa shape index (κ2) is 3.70. The highest BCUT2D eigenvalue weighted by Gasteiger charge is 2.19. The van der Waals surface area contributed by atoms with E-state index in [0.29, 0.717) is 11.4 Å². The van der Waals surface area contributed by atoms with Crippen LogP contribution in [0.3, 0.4) is 0 Å². The number of benzene rings is 1. The Morgan fingerprint density at radius 1 is 1.50 bits per heavy atom. The molecule has 2 rings (SSSR count). The molecule has 2 amide bonds. The molecule has 0 aromatic heterocycles. The van der Waals surface area contributed by atoms with E-state index in [1.54, 1.807) is 7.11 Å². The number of carbonyl (C=O) groups excluding carboxylic acids is 1. The number of ether oxygens (including phenoxy) is 1. The Morgan fingerprint density at radius 3 is 3.00 bits per heavy atom. The molecule has 1 aliphatic rings. The second-order valence-electron chi connectivity index (χ2n) is 2.64. The summed E-state index contributed by atoms with van der Waals surface area (Å²) in [7, 11) is 1.57. The van der Waals surface area contributed by atoms with E-state index >= 15 is 0 Å². The average Bonchev–Trinajstić information content (AvgIpc) is 2.17. The predicted octanol–water partition coefficient (Wildman–Crippen LogP) is 2.60. The third-order valence-corrected chi connectivity index (χ3v) is 3.03. The summed E-state index contributed by atoms with van der Waals surface area (Å²) in [6.07, 6.45) is 0. The molecule has 0 unspecified atom stereocenters. The van der Waals surface area contributed by atoms with Crippen LogP contribution in [0.5, 0.6) is 5.75 Å². The van der Waals surface area contributed by atoms with E-state index in [9.17, 15) is 4.79 Å². The van der Waals surface area contributed by atoms with E-state index in [-0.39, 0.29) is 6.03 Å². The van der Waals surface area contributed by atoms with Gasteiger partial charge in [0, 0.05) is 4.47 Å². The molecule has 6 heteroatoms. The molecule has 1 heterocycles. The van der Waals surface area contributed by atoms with E-state index in [0.717, 1.165) is 9.37 Å². The van der Waals surface area contributed by atoms with Gasteiger partial charge in [-0.25, -0.2) is 4.79 Å². The van der Waals surface area contributed by atoms with Crippen LogP contribution >= 0.6 is 27.9 Å². The quantitative estimate of drug-likeness (QED) is 0.774. The lowest BCUT2D eigenvalue weighted by Crippen LogP contribution is -2.27. The fourth-order valence-corrected chi connectivity index (χ4v) is 2.44. The van der Waals surface area contributed by atoms with Crippen molar-refractivity contribution in [1.82, 2.24) is 4.72 Å². The van der Waals surface area contributed by atoms with Gasteiger partial charge in [0.15, 0.2) is 0 Å². The topological polar surface area (TPSA) is 50.4 Å². The second-order valence-corrected chi connectivity index (χ2v) is 4.40. The Hall–Kier alpha value is -0.880. The number of fused-ring (bicyclic) bond motifs is 1. The molecule has 0 radical (unpaired) electrons. The maximum Gasteiger partial charge on any atom is 0.329 e. The lowest BCUT2D eigenvalue weighted by molar-refractivity contribution is 0.256.